The first kappa shape index (κ1) is 12.1. The Kier molecular flexibility index (Phi) is 4.23. The van der Waals surface area contributed by atoms with Crippen molar-refractivity contribution in [1.29, 1.82) is 0 Å². The van der Waals surface area contributed by atoms with Crippen LogP contribution >= 0.6 is 0 Å². The molecule has 0 amide bonds. The Labute approximate surface area is 89.0 Å². The molecule has 0 aliphatic carbocycles. The topological polar surface area (TPSA) is 88.3 Å². The number of quaternary nitrogens is 1. The van der Waals surface area contributed by atoms with Crippen molar-refractivity contribution in [2.24, 2.45) is 0 Å². The molecule has 3 atom stereocenters. The molecular formula is C11H18NO3+. The standard InChI is InChI=1S/C11H17NO3/c1-7(13)11(15)10(14)6-8-2-4-9(12)5-3-8/h2-5,7,10-11,13-15H,6,12H2,1H3/p+1/t7-,10+,11-/m1/s1. The van der Waals surface area contributed by atoms with Crippen LogP contribution in [0.3, 0.4) is 0 Å². The minimum Gasteiger partial charge on any atom is -0.391 e. The lowest BCUT2D eigenvalue weighted by Crippen LogP contribution is -2.40. The van der Waals surface area contributed by atoms with Crippen molar-refractivity contribution in [1.82, 2.24) is 0 Å². The van der Waals surface area contributed by atoms with Gasteiger partial charge in [0.05, 0.1) is 12.2 Å². The number of hydrogen-bond donors (Lipinski definition) is 4. The lowest BCUT2D eigenvalue weighted by Gasteiger charge is -2.20. The van der Waals surface area contributed by atoms with Crippen molar-refractivity contribution in [2.75, 3.05) is 0 Å². The first-order valence-corrected chi connectivity index (χ1v) is 4.96. The number of hydrogen-bond acceptors (Lipinski definition) is 3. The summed E-state index contributed by atoms with van der Waals surface area (Å²) in [5.74, 6) is 0. The van der Waals surface area contributed by atoms with Crippen LogP contribution in [0.15, 0.2) is 24.3 Å². The second kappa shape index (κ2) is 5.23. The van der Waals surface area contributed by atoms with Gasteiger partial charge in [0.1, 0.15) is 11.8 Å². The fourth-order valence-electron chi connectivity index (χ4n) is 1.36. The monoisotopic (exact) mass is 212 g/mol. The molecular weight excluding hydrogens is 194 g/mol. The number of benzene rings is 1. The van der Waals surface area contributed by atoms with Crippen molar-refractivity contribution < 1.29 is 21.1 Å². The number of rotatable bonds is 4. The summed E-state index contributed by atoms with van der Waals surface area (Å²) in [5, 5.41) is 28.1. The van der Waals surface area contributed by atoms with E-state index in [1.54, 1.807) is 0 Å². The van der Waals surface area contributed by atoms with Gasteiger partial charge in [0.25, 0.3) is 0 Å². The van der Waals surface area contributed by atoms with Gasteiger partial charge in [0.2, 0.25) is 0 Å². The van der Waals surface area contributed by atoms with Gasteiger partial charge in [-0.15, -0.1) is 0 Å². The van der Waals surface area contributed by atoms with Gasteiger partial charge in [-0.05, 0) is 24.6 Å². The quantitative estimate of drug-likeness (QED) is 0.527. The third kappa shape index (κ3) is 3.60. The minimum absolute atomic E-state index is 0.326. The Balaban J connectivity index is 2.58. The lowest BCUT2D eigenvalue weighted by atomic mass is 10.0. The summed E-state index contributed by atoms with van der Waals surface area (Å²) < 4.78 is 0. The second-order valence-corrected chi connectivity index (χ2v) is 3.82. The molecule has 1 aromatic carbocycles. The molecule has 0 heterocycles. The van der Waals surface area contributed by atoms with Crippen LogP contribution in [0.25, 0.3) is 0 Å². The third-order valence-electron chi connectivity index (χ3n) is 2.36. The van der Waals surface area contributed by atoms with Gasteiger partial charge in [0, 0.05) is 6.42 Å². The molecule has 84 valence electrons. The zero-order valence-electron chi connectivity index (χ0n) is 8.80. The smallest absolute Gasteiger partial charge is 0.127 e. The lowest BCUT2D eigenvalue weighted by molar-refractivity contribution is -0.254. The van der Waals surface area contributed by atoms with E-state index < -0.39 is 18.3 Å². The van der Waals surface area contributed by atoms with Crippen molar-refractivity contribution in [3.05, 3.63) is 29.8 Å². The summed E-state index contributed by atoms with van der Waals surface area (Å²) in [6.07, 6.45) is -2.65. The van der Waals surface area contributed by atoms with Gasteiger partial charge < -0.3 is 21.1 Å². The minimum atomic E-state index is -1.11. The van der Waals surface area contributed by atoms with Crippen LogP contribution in [-0.4, -0.2) is 33.6 Å². The zero-order valence-corrected chi connectivity index (χ0v) is 8.80. The van der Waals surface area contributed by atoms with E-state index in [2.05, 4.69) is 5.73 Å². The number of aliphatic hydroxyl groups excluding tert-OH is 3. The summed E-state index contributed by atoms with van der Waals surface area (Å²) in [5.41, 5.74) is 5.57. The molecule has 0 radical (unpaired) electrons. The Hall–Kier alpha value is -0.940. The van der Waals surface area contributed by atoms with Gasteiger partial charge in [-0.2, -0.15) is 0 Å². The molecule has 1 rings (SSSR count). The van der Waals surface area contributed by atoms with Gasteiger partial charge in [-0.25, -0.2) is 0 Å². The van der Waals surface area contributed by atoms with E-state index in [0.29, 0.717) is 6.42 Å². The summed E-state index contributed by atoms with van der Waals surface area (Å²) in [7, 11) is 0. The highest BCUT2D eigenvalue weighted by atomic mass is 16.4. The molecule has 0 aliphatic heterocycles. The van der Waals surface area contributed by atoms with Crippen LogP contribution in [0.4, 0.5) is 5.69 Å². The van der Waals surface area contributed by atoms with Crippen molar-refractivity contribution >= 4 is 5.69 Å². The van der Waals surface area contributed by atoms with Crippen LogP contribution in [0.5, 0.6) is 0 Å². The van der Waals surface area contributed by atoms with E-state index in [4.69, 9.17) is 5.11 Å². The van der Waals surface area contributed by atoms with Crippen LogP contribution < -0.4 is 5.73 Å². The average Bonchev–Trinajstić information content (AvgIpc) is 2.20. The normalized spacial score (nSPS) is 17.1. The van der Waals surface area contributed by atoms with E-state index in [9.17, 15) is 10.2 Å². The molecule has 15 heavy (non-hydrogen) atoms. The van der Waals surface area contributed by atoms with E-state index in [1.807, 2.05) is 24.3 Å². The Morgan fingerprint density at radius 1 is 1.13 bits per heavy atom. The molecule has 4 heteroatoms. The molecule has 0 unspecified atom stereocenters. The van der Waals surface area contributed by atoms with Crippen molar-refractivity contribution in [3.8, 4) is 0 Å². The maximum absolute atomic E-state index is 9.59. The Morgan fingerprint density at radius 2 is 1.67 bits per heavy atom. The average molecular weight is 212 g/mol. The molecule has 0 bridgehead atoms. The van der Waals surface area contributed by atoms with Gasteiger partial charge in [0.15, 0.2) is 0 Å². The van der Waals surface area contributed by atoms with Crippen LogP contribution in [0, 0.1) is 0 Å². The maximum atomic E-state index is 9.59. The highest BCUT2D eigenvalue weighted by Crippen LogP contribution is 2.10. The predicted molar refractivity (Wildman–Crippen MR) is 56.4 cm³/mol. The van der Waals surface area contributed by atoms with Gasteiger partial charge in [-0.1, -0.05) is 12.1 Å². The second-order valence-electron chi connectivity index (χ2n) is 3.82. The van der Waals surface area contributed by atoms with Crippen molar-refractivity contribution in [3.63, 3.8) is 0 Å². The van der Waals surface area contributed by atoms with Crippen LogP contribution in [0.1, 0.15) is 12.5 Å². The van der Waals surface area contributed by atoms with Gasteiger partial charge >= 0.3 is 0 Å². The molecule has 4 nitrogen and oxygen atoms in total. The first-order valence-electron chi connectivity index (χ1n) is 4.96. The Morgan fingerprint density at radius 3 is 2.13 bits per heavy atom. The van der Waals surface area contributed by atoms with E-state index in [-0.39, 0.29) is 0 Å². The van der Waals surface area contributed by atoms with Crippen LogP contribution in [0.2, 0.25) is 0 Å². The third-order valence-corrected chi connectivity index (χ3v) is 2.36. The molecule has 1 aromatic rings. The first-order chi connectivity index (χ1) is 7.00. The molecule has 0 saturated carbocycles. The van der Waals surface area contributed by atoms with Gasteiger partial charge in [-0.3, -0.25) is 0 Å². The fraction of sp³-hybridized carbons (Fsp3) is 0.455. The zero-order chi connectivity index (χ0) is 11.4. The summed E-state index contributed by atoms with van der Waals surface area (Å²) >= 11 is 0. The molecule has 0 spiro atoms. The molecule has 0 fully saturated rings. The van der Waals surface area contributed by atoms with E-state index >= 15 is 0 Å². The molecule has 0 aliphatic rings. The fourth-order valence-corrected chi connectivity index (χ4v) is 1.36. The largest absolute Gasteiger partial charge is 0.391 e. The summed E-state index contributed by atoms with van der Waals surface area (Å²) in [6, 6.07) is 7.38. The summed E-state index contributed by atoms with van der Waals surface area (Å²) in [6.45, 7) is 1.45. The maximum Gasteiger partial charge on any atom is 0.127 e. The number of aliphatic hydroxyl groups is 3. The van der Waals surface area contributed by atoms with E-state index in [0.717, 1.165) is 11.3 Å². The predicted octanol–water partition coefficient (Wildman–Crippen LogP) is -0.795. The molecule has 6 N–H and O–H groups in total. The highest BCUT2D eigenvalue weighted by molar-refractivity contribution is 5.31. The van der Waals surface area contributed by atoms with E-state index in [1.165, 1.54) is 6.92 Å². The van der Waals surface area contributed by atoms with Crippen molar-refractivity contribution in [2.45, 2.75) is 31.7 Å². The Bertz CT molecular complexity index is 297. The molecule has 0 aromatic heterocycles. The SMILES string of the molecule is C[C@@H](O)[C@@H](O)[C@@H](O)Cc1ccc([NH3+])cc1. The molecule has 0 saturated heterocycles. The summed E-state index contributed by atoms with van der Waals surface area (Å²) in [4.78, 5) is 0. The van der Waals surface area contributed by atoms with Crippen LogP contribution in [-0.2, 0) is 6.42 Å². The highest BCUT2D eigenvalue weighted by Gasteiger charge is 2.21.